The van der Waals surface area contributed by atoms with E-state index in [1.807, 2.05) is 18.8 Å². The number of methoxy groups -OCH3 is 1. The van der Waals surface area contributed by atoms with Gasteiger partial charge < -0.3 is 19.9 Å². The van der Waals surface area contributed by atoms with Crippen LogP contribution in [0.1, 0.15) is 31.0 Å². The second kappa shape index (κ2) is 10.3. The van der Waals surface area contributed by atoms with E-state index in [4.69, 9.17) is 4.74 Å². The summed E-state index contributed by atoms with van der Waals surface area (Å²) in [5, 5.41) is 7.99. The highest BCUT2D eigenvalue weighted by Gasteiger charge is 2.15. The number of aryl methyl sites for hydroxylation is 1. The molecular weight excluding hydrogens is 304 g/mol. The zero-order valence-corrected chi connectivity index (χ0v) is 16.3. The third-order valence-corrected chi connectivity index (χ3v) is 3.92. The van der Waals surface area contributed by atoms with Gasteiger partial charge in [0.15, 0.2) is 5.96 Å². The molecule has 0 unspecified atom stereocenters. The van der Waals surface area contributed by atoms with Gasteiger partial charge in [0.2, 0.25) is 0 Å². The van der Waals surface area contributed by atoms with Crippen LogP contribution in [0.25, 0.3) is 0 Å². The van der Waals surface area contributed by atoms with E-state index in [1.165, 1.54) is 5.56 Å². The predicted octanol–water partition coefficient (Wildman–Crippen LogP) is 1.13. The van der Waals surface area contributed by atoms with Crippen molar-refractivity contribution in [2.75, 3.05) is 54.5 Å². The van der Waals surface area contributed by atoms with Crippen molar-refractivity contribution in [3.05, 3.63) is 17.5 Å². The lowest BCUT2D eigenvalue weighted by Crippen LogP contribution is -2.42. The monoisotopic (exact) mass is 338 g/mol. The number of ether oxygens (including phenoxy) is 1. The Kier molecular flexibility index (Phi) is 8.78. The highest BCUT2D eigenvalue weighted by Crippen LogP contribution is 2.18. The topological polar surface area (TPSA) is 57.9 Å². The average molecular weight is 339 g/mol. The van der Waals surface area contributed by atoms with Gasteiger partial charge in [-0.2, -0.15) is 5.10 Å². The highest BCUT2D eigenvalue weighted by atomic mass is 16.5. The van der Waals surface area contributed by atoms with Crippen LogP contribution >= 0.6 is 0 Å². The van der Waals surface area contributed by atoms with Crippen molar-refractivity contribution < 1.29 is 4.74 Å². The van der Waals surface area contributed by atoms with Gasteiger partial charge in [-0.3, -0.25) is 9.67 Å². The summed E-state index contributed by atoms with van der Waals surface area (Å²) < 4.78 is 6.98. The molecule has 0 radical (unpaired) electrons. The molecule has 0 aromatic carbocycles. The summed E-state index contributed by atoms with van der Waals surface area (Å²) in [4.78, 5) is 8.76. The quantitative estimate of drug-likeness (QED) is 0.540. The van der Waals surface area contributed by atoms with Gasteiger partial charge in [-0.15, -0.1) is 0 Å². The smallest absolute Gasteiger partial charge is 0.193 e. The SMILES string of the molecule is CN=C(NCCN(C)CCOC)N(C)Cc1cn(C)nc1C(C)C. The molecule has 7 nitrogen and oxygen atoms in total. The number of hydrogen-bond acceptors (Lipinski definition) is 4. The van der Waals surface area contributed by atoms with Crippen LogP contribution in [0.4, 0.5) is 0 Å². The van der Waals surface area contributed by atoms with Crippen LogP contribution < -0.4 is 5.32 Å². The number of guanidine groups is 1. The number of aliphatic imine (C=N–C) groups is 1. The minimum absolute atomic E-state index is 0.416. The molecule has 1 aromatic rings. The maximum Gasteiger partial charge on any atom is 0.193 e. The van der Waals surface area contributed by atoms with Gasteiger partial charge >= 0.3 is 0 Å². The number of rotatable bonds is 9. The fourth-order valence-electron chi connectivity index (χ4n) is 2.60. The van der Waals surface area contributed by atoms with Crippen molar-refractivity contribution in [2.45, 2.75) is 26.3 Å². The van der Waals surface area contributed by atoms with Crippen molar-refractivity contribution >= 4 is 5.96 Å². The van der Waals surface area contributed by atoms with Gasteiger partial charge in [-0.1, -0.05) is 13.8 Å². The van der Waals surface area contributed by atoms with E-state index >= 15 is 0 Å². The van der Waals surface area contributed by atoms with Crippen molar-refractivity contribution in [3.63, 3.8) is 0 Å². The second-order valence-electron chi connectivity index (χ2n) is 6.49. The Bertz CT molecular complexity index is 511. The third kappa shape index (κ3) is 6.49. The van der Waals surface area contributed by atoms with E-state index in [1.54, 1.807) is 7.11 Å². The lowest BCUT2D eigenvalue weighted by molar-refractivity contribution is 0.162. The fraction of sp³-hybridized carbons (Fsp3) is 0.765. The molecule has 7 heteroatoms. The van der Waals surface area contributed by atoms with E-state index in [-0.39, 0.29) is 0 Å². The van der Waals surface area contributed by atoms with Gasteiger partial charge in [0.05, 0.1) is 12.3 Å². The standard InChI is InChI=1S/C17H34N6O/c1-14(2)16-15(13-23(6)20-16)12-22(5)17(18-3)19-8-9-21(4)10-11-24-7/h13-14H,8-12H2,1-7H3,(H,18,19). The number of aromatic nitrogens is 2. The maximum absolute atomic E-state index is 5.10. The highest BCUT2D eigenvalue weighted by molar-refractivity contribution is 5.79. The van der Waals surface area contributed by atoms with Gasteiger partial charge in [0.25, 0.3) is 0 Å². The summed E-state index contributed by atoms with van der Waals surface area (Å²) in [6.45, 7) is 8.62. The Morgan fingerprint density at radius 3 is 2.67 bits per heavy atom. The molecule has 138 valence electrons. The van der Waals surface area contributed by atoms with E-state index in [0.29, 0.717) is 5.92 Å². The predicted molar refractivity (Wildman–Crippen MR) is 99.5 cm³/mol. The van der Waals surface area contributed by atoms with E-state index < -0.39 is 0 Å². The van der Waals surface area contributed by atoms with Gasteiger partial charge in [-0.05, 0) is 13.0 Å². The minimum atomic E-state index is 0.416. The van der Waals surface area contributed by atoms with Gasteiger partial charge in [0, 0.05) is 66.2 Å². The Balaban J connectivity index is 2.54. The molecule has 0 amide bonds. The van der Waals surface area contributed by atoms with Crippen molar-refractivity contribution in [1.29, 1.82) is 0 Å². The largest absolute Gasteiger partial charge is 0.383 e. The van der Waals surface area contributed by atoms with Crippen LogP contribution in [0, 0.1) is 0 Å². The molecule has 24 heavy (non-hydrogen) atoms. The van der Waals surface area contributed by atoms with Crippen molar-refractivity contribution in [3.8, 4) is 0 Å². The molecule has 0 aliphatic carbocycles. The molecule has 0 fully saturated rings. The van der Waals surface area contributed by atoms with Crippen LogP contribution in [0.5, 0.6) is 0 Å². The molecular formula is C17H34N6O. The summed E-state index contributed by atoms with van der Waals surface area (Å²) in [6.07, 6.45) is 2.09. The zero-order chi connectivity index (χ0) is 18.1. The molecule has 0 spiro atoms. The molecule has 1 aromatic heterocycles. The van der Waals surface area contributed by atoms with Gasteiger partial charge in [-0.25, -0.2) is 0 Å². The van der Waals surface area contributed by atoms with Crippen molar-refractivity contribution in [2.24, 2.45) is 12.0 Å². The molecule has 0 aliphatic heterocycles. The lowest BCUT2D eigenvalue weighted by atomic mass is 10.1. The number of likely N-dealkylation sites (N-methyl/N-ethyl adjacent to an activating group) is 1. The van der Waals surface area contributed by atoms with Crippen LogP contribution in [0.15, 0.2) is 11.2 Å². The maximum atomic E-state index is 5.10. The summed E-state index contributed by atoms with van der Waals surface area (Å²) in [5.41, 5.74) is 2.40. The molecule has 0 bridgehead atoms. The first-order valence-electron chi connectivity index (χ1n) is 8.50. The van der Waals surface area contributed by atoms with E-state index in [9.17, 15) is 0 Å². The molecule has 1 rings (SSSR count). The molecule has 0 atom stereocenters. The first kappa shape index (κ1) is 20.4. The molecule has 0 saturated heterocycles. The second-order valence-corrected chi connectivity index (χ2v) is 6.49. The zero-order valence-electron chi connectivity index (χ0n) is 16.3. The number of nitrogens with zero attached hydrogens (tertiary/aromatic N) is 5. The van der Waals surface area contributed by atoms with Gasteiger partial charge in [0.1, 0.15) is 0 Å². The fourth-order valence-corrected chi connectivity index (χ4v) is 2.60. The Morgan fingerprint density at radius 2 is 2.08 bits per heavy atom. The molecule has 0 aliphatic rings. The molecule has 0 saturated carbocycles. The van der Waals surface area contributed by atoms with Crippen LogP contribution in [-0.2, 0) is 18.3 Å². The molecule has 1 heterocycles. The summed E-state index contributed by atoms with van der Waals surface area (Å²) in [6, 6.07) is 0. The summed E-state index contributed by atoms with van der Waals surface area (Å²) >= 11 is 0. The Labute approximate surface area is 146 Å². The van der Waals surface area contributed by atoms with E-state index in [0.717, 1.165) is 44.4 Å². The van der Waals surface area contributed by atoms with Crippen LogP contribution in [-0.4, -0.2) is 80.0 Å². The average Bonchev–Trinajstić information content (AvgIpc) is 2.90. The number of hydrogen-bond donors (Lipinski definition) is 1. The first-order chi connectivity index (χ1) is 11.4. The van der Waals surface area contributed by atoms with E-state index in [2.05, 4.69) is 59.3 Å². The minimum Gasteiger partial charge on any atom is -0.383 e. The lowest BCUT2D eigenvalue weighted by Gasteiger charge is -2.23. The van der Waals surface area contributed by atoms with Crippen LogP contribution in [0.2, 0.25) is 0 Å². The van der Waals surface area contributed by atoms with Crippen molar-refractivity contribution in [1.82, 2.24) is 24.9 Å². The molecule has 1 N–H and O–H groups in total. The Morgan fingerprint density at radius 1 is 1.38 bits per heavy atom. The first-order valence-corrected chi connectivity index (χ1v) is 8.50. The Hall–Kier alpha value is -1.60. The normalized spacial score (nSPS) is 12.3. The number of nitrogens with one attached hydrogen (secondary N) is 1. The van der Waals surface area contributed by atoms with Crippen LogP contribution in [0.3, 0.4) is 0 Å². The summed E-state index contributed by atoms with van der Waals surface area (Å²) in [7, 11) is 9.67. The third-order valence-electron chi connectivity index (χ3n) is 3.92. The summed E-state index contributed by atoms with van der Waals surface area (Å²) in [5.74, 6) is 1.31.